The molecule has 0 radical (unpaired) electrons. The molecule has 18 heavy (non-hydrogen) atoms. The lowest BCUT2D eigenvalue weighted by Crippen LogP contribution is -2.04. The molecular formula is C14H16N4. The van der Waals surface area contributed by atoms with Crippen LogP contribution in [0.25, 0.3) is 0 Å². The van der Waals surface area contributed by atoms with Crippen molar-refractivity contribution in [3.05, 3.63) is 52.8 Å². The molecule has 2 N–H and O–H groups in total. The van der Waals surface area contributed by atoms with Crippen molar-refractivity contribution in [2.45, 2.75) is 26.6 Å². The summed E-state index contributed by atoms with van der Waals surface area (Å²) in [6.45, 7) is 4.71. The topological polar surface area (TPSA) is 49.8 Å². The van der Waals surface area contributed by atoms with Gasteiger partial charge < -0.3 is 10.6 Å². The van der Waals surface area contributed by atoms with Gasteiger partial charge in [-0.1, -0.05) is 18.2 Å². The van der Waals surface area contributed by atoms with Gasteiger partial charge in [0.1, 0.15) is 0 Å². The largest absolute Gasteiger partial charge is 0.350 e. The first-order valence-corrected chi connectivity index (χ1v) is 6.15. The Bertz CT molecular complexity index is 548. The van der Waals surface area contributed by atoms with Crippen LogP contribution in [0.2, 0.25) is 0 Å². The maximum Gasteiger partial charge on any atom is 0.222 e. The number of aromatic nitrogens is 2. The Kier molecular flexibility index (Phi) is 2.94. The number of hydrogen-bond acceptors (Lipinski definition) is 4. The van der Waals surface area contributed by atoms with Crippen LogP contribution in [-0.4, -0.2) is 9.97 Å². The Hall–Kier alpha value is -1.94. The summed E-state index contributed by atoms with van der Waals surface area (Å²) in [6.07, 6.45) is 3.64. The van der Waals surface area contributed by atoms with E-state index in [0.29, 0.717) is 5.95 Å². The third-order valence-electron chi connectivity index (χ3n) is 3.13. The summed E-state index contributed by atoms with van der Waals surface area (Å²) in [5.41, 5.74) is 5.15. The molecule has 1 aliphatic rings. The van der Waals surface area contributed by atoms with Crippen LogP contribution in [0.4, 0.5) is 5.95 Å². The third kappa shape index (κ3) is 2.33. The molecule has 0 spiro atoms. The van der Waals surface area contributed by atoms with E-state index in [0.717, 1.165) is 25.2 Å². The van der Waals surface area contributed by atoms with Gasteiger partial charge in [-0.25, -0.2) is 9.97 Å². The minimum Gasteiger partial charge on any atom is -0.350 e. The number of nitrogens with zero attached hydrogens (tertiary/aromatic N) is 2. The van der Waals surface area contributed by atoms with Gasteiger partial charge in [0.05, 0.1) is 0 Å². The Balaban J connectivity index is 1.68. The Morgan fingerprint density at radius 2 is 1.94 bits per heavy atom. The smallest absolute Gasteiger partial charge is 0.222 e. The maximum atomic E-state index is 4.23. The molecule has 1 aliphatic heterocycles. The van der Waals surface area contributed by atoms with Crippen molar-refractivity contribution in [1.29, 1.82) is 0 Å². The number of nitrogens with one attached hydrogen (secondary N) is 2. The fraction of sp³-hybridized carbons (Fsp3) is 0.286. The number of rotatable bonds is 3. The van der Waals surface area contributed by atoms with Gasteiger partial charge in [-0.05, 0) is 29.2 Å². The Morgan fingerprint density at radius 3 is 2.78 bits per heavy atom. The molecule has 0 fully saturated rings. The molecule has 0 saturated heterocycles. The van der Waals surface area contributed by atoms with E-state index < -0.39 is 0 Å². The molecule has 4 nitrogen and oxygen atoms in total. The molecule has 0 saturated carbocycles. The monoisotopic (exact) mass is 240 g/mol. The summed E-state index contributed by atoms with van der Waals surface area (Å²) < 4.78 is 0. The summed E-state index contributed by atoms with van der Waals surface area (Å²) in [6, 6.07) is 6.60. The van der Waals surface area contributed by atoms with E-state index in [2.05, 4.69) is 38.8 Å². The van der Waals surface area contributed by atoms with Crippen molar-refractivity contribution < 1.29 is 0 Å². The van der Waals surface area contributed by atoms with E-state index in [1.807, 2.05) is 19.3 Å². The first-order valence-electron chi connectivity index (χ1n) is 6.15. The minimum absolute atomic E-state index is 0.680. The number of hydrogen-bond donors (Lipinski definition) is 2. The first kappa shape index (κ1) is 11.2. The zero-order valence-corrected chi connectivity index (χ0v) is 10.4. The van der Waals surface area contributed by atoms with Crippen LogP contribution in [0, 0.1) is 6.92 Å². The van der Waals surface area contributed by atoms with Gasteiger partial charge >= 0.3 is 0 Å². The van der Waals surface area contributed by atoms with Crippen molar-refractivity contribution in [2.75, 3.05) is 5.32 Å². The summed E-state index contributed by atoms with van der Waals surface area (Å²) >= 11 is 0. The second-order valence-corrected chi connectivity index (χ2v) is 4.64. The molecule has 4 heteroatoms. The molecule has 0 unspecified atom stereocenters. The van der Waals surface area contributed by atoms with Crippen LogP contribution in [0.3, 0.4) is 0 Å². The Labute approximate surface area is 106 Å². The lowest BCUT2D eigenvalue weighted by molar-refractivity contribution is 0.764. The minimum atomic E-state index is 0.680. The quantitative estimate of drug-likeness (QED) is 0.861. The molecule has 1 aromatic carbocycles. The van der Waals surface area contributed by atoms with Crippen LogP contribution in [0.5, 0.6) is 0 Å². The standard InChI is InChI=1S/C14H16N4/c1-10-5-16-14(17-6-10)18-7-11-2-3-12-8-15-9-13(12)4-11/h2-6,15H,7-9H2,1H3,(H,16,17,18). The van der Waals surface area contributed by atoms with Crippen molar-refractivity contribution in [3.8, 4) is 0 Å². The van der Waals surface area contributed by atoms with E-state index in [1.165, 1.54) is 16.7 Å². The zero-order valence-electron chi connectivity index (χ0n) is 10.4. The van der Waals surface area contributed by atoms with Gasteiger partial charge in [0.15, 0.2) is 0 Å². The second kappa shape index (κ2) is 4.74. The molecule has 2 heterocycles. The zero-order chi connectivity index (χ0) is 12.4. The van der Waals surface area contributed by atoms with Gasteiger partial charge in [-0.2, -0.15) is 0 Å². The fourth-order valence-corrected chi connectivity index (χ4v) is 2.12. The first-order chi connectivity index (χ1) is 8.81. The molecular weight excluding hydrogens is 224 g/mol. The highest BCUT2D eigenvalue weighted by atomic mass is 15.1. The van der Waals surface area contributed by atoms with Gasteiger partial charge in [-0.3, -0.25) is 0 Å². The lowest BCUT2D eigenvalue weighted by Gasteiger charge is -2.06. The number of benzene rings is 1. The number of fused-ring (bicyclic) bond motifs is 1. The Morgan fingerprint density at radius 1 is 1.17 bits per heavy atom. The van der Waals surface area contributed by atoms with Gasteiger partial charge in [0.25, 0.3) is 0 Å². The maximum absolute atomic E-state index is 4.23. The molecule has 0 atom stereocenters. The van der Waals surface area contributed by atoms with Crippen molar-refractivity contribution in [1.82, 2.24) is 15.3 Å². The van der Waals surface area contributed by atoms with Crippen molar-refractivity contribution >= 4 is 5.95 Å². The van der Waals surface area contributed by atoms with E-state index in [-0.39, 0.29) is 0 Å². The van der Waals surface area contributed by atoms with Crippen LogP contribution in [0.15, 0.2) is 30.6 Å². The highest BCUT2D eigenvalue weighted by Gasteiger charge is 2.09. The molecule has 0 amide bonds. The number of anilines is 1. The highest BCUT2D eigenvalue weighted by Crippen LogP contribution is 2.17. The SMILES string of the molecule is Cc1cnc(NCc2ccc3c(c2)CNC3)nc1. The molecule has 0 aliphatic carbocycles. The van der Waals surface area contributed by atoms with Crippen LogP contribution in [-0.2, 0) is 19.6 Å². The predicted octanol–water partition coefficient (Wildman–Crippen LogP) is 2.00. The number of aryl methyl sites for hydroxylation is 1. The molecule has 0 bridgehead atoms. The average molecular weight is 240 g/mol. The predicted molar refractivity (Wildman–Crippen MR) is 71.1 cm³/mol. The fourth-order valence-electron chi connectivity index (χ4n) is 2.12. The normalized spacial score (nSPS) is 13.4. The summed E-state index contributed by atoms with van der Waals surface area (Å²) in [5.74, 6) is 0.680. The summed E-state index contributed by atoms with van der Waals surface area (Å²) in [7, 11) is 0. The molecule has 2 aromatic rings. The van der Waals surface area contributed by atoms with Crippen molar-refractivity contribution in [2.24, 2.45) is 0 Å². The summed E-state index contributed by atoms with van der Waals surface area (Å²) in [4.78, 5) is 8.46. The van der Waals surface area contributed by atoms with Crippen LogP contribution >= 0.6 is 0 Å². The van der Waals surface area contributed by atoms with Gasteiger partial charge in [-0.15, -0.1) is 0 Å². The third-order valence-corrected chi connectivity index (χ3v) is 3.13. The second-order valence-electron chi connectivity index (χ2n) is 4.64. The van der Waals surface area contributed by atoms with E-state index >= 15 is 0 Å². The van der Waals surface area contributed by atoms with Gasteiger partial charge in [0.2, 0.25) is 5.95 Å². The lowest BCUT2D eigenvalue weighted by atomic mass is 10.1. The molecule has 1 aromatic heterocycles. The van der Waals surface area contributed by atoms with Crippen LogP contribution < -0.4 is 10.6 Å². The van der Waals surface area contributed by atoms with E-state index in [4.69, 9.17) is 0 Å². The van der Waals surface area contributed by atoms with Gasteiger partial charge in [0, 0.05) is 32.0 Å². The molecule has 3 rings (SSSR count). The summed E-state index contributed by atoms with van der Waals surface area (Å²) in [5, 5.41) is 6.59. The average Bonchev–Trinajstić information content (AvgIpc) is 2.85. The highest BCUT2D eigenvalue weighted by molar-refractivity contribution is 5.36. The van der Waals surface area contributed by atoms with E-state index in [9.17, 15) is 0 Å². The molecule has 92 valence electrons. The van der Waals surface area contributed by atoms with Crippen molar-refractivity contribution in [3.63, 3.8) is 0 Å². The van der Waals surface area contributed by atoms with E-state index in [1.54, 1.807) is 0 Å². The van der Waals surface area contributed by atoms with Crippen LogP contribution in [0.1, 0.15) is 22.3 Å².